The third-order valence-electron chi connectivity index (χ3n) is 4.48. The molecule has 1 fully saturated rings. The summed E-state index contributed by atoms with van der Waals surface area (Å²) in [5, 5.41) is 20.6. The van der Waals surface area contributed by atoms with Crippen molar-refractivity contribution in [3.8, 4) is 16.5 Å². The number of carboxylic acids is 1. The van der Waals surface area contributed by atoms with Gasteiger partial charge in [-0.05, 0) is 72.0 Å². The number of nitrogens with one attached hydrogen (secondary N) is 1. The first-order chi connectivity index (χ1) is 13.2. The van der Waals surface area contributed by atoms with E-state index in [-0.39, 0.29) is 5.56 Å². The summed E-state index contributed by atoms with van der Waals surface area (Å²) in [4.78, 5) is 13.4. The first kappa shape index (κ1) is 17.7. The highest BCUT2D eigenvalue weighted by molar-refractivity contribution is 8.00. The van der Waals surface area contributed by atoms with E-state index in [2.05, 4.69) is 10.8 Å². The van der Waals surface area contributed by atoms with Crippen molar-refractivity contribution in [1.82, 2.24) is 0 Å². The summed E-state index contributed by atoms with van der Waals surface area (Å²) in [6.07, 6.45) is 2.29. The minimum absolute atomic E-state index is 0.285. The van der Waals surface area contributed by atoms with Gasteiger partial charge >= 0.3 is 5.97 Å². The highest BCUT2D eigenvalue weighted by atomic mass is 32.2. The average Bonchev–Trinajstić information content (AvgIpc) is 3.39. The van der Waals surface area contributed by atoms with Gasteiger partial charge in [0.1, 0.15) is 0 Å². The van der Waals surface area contributed by atoms with Gasteiger partial charge in [0.15, 0.2) is 0 Å². The quantitative estimate of drug-likeness (QED) is 0.505. The van der Waals surface area contributed by atoms with Gasteiger partial charge in [-0.15, -0.1) is 11.3 Å². The van der Waals surface area contributed by atoms with E-state index in [0.29, 0.717) is 11.5 Å². The molecule has 0 bridgehead atoms. The number of rotatable bonds is 6. The smallest absolute Gasteiger partial charge is 0.335 e. The van der Waals surface area contributed by atoms with Crippen LogP contribution < -0.4 is 4.72 Å². The predicted octanol–water partition coefficient (Wildman–Crippen LogP) is 5.98. The molecule has 1 aliphatic rings. The summed E-state index contributed by atoms with van der Waals surface area (Å²) in [5.41, 5.74) is 3.93. The highest BCUT2D eigenvalue weighted by Gasteiger charge is 2.27. The molecule has 2 N–H and O–H groups in total. The maximum Gasteiger partial charge on any atom is 0.335 e. The van der Waals surface area contributed by atoms with Gasteiger partial charge in [-0.25, -0.2) is 4.79 Å². The normalized spacial score (nSPS) is 13.1. The Kier molecular flexibility index (Phi) is 4.88. The number of hydrogen-bond donors (Lipinski definition) is 2. The van der Waals surface area contributed by atoms with E-state index in [0.717, 1.165) is 33.9 Å². The molecular weight excluding hydrogens is 376 g/mol. The van der Waals surface area contributed by atoms with E-state index in [1.165, 1.54) is 17.5 Å². The number of hydrogen-bond acceptors (Lipinski definition) is 5. The standard InChI is InChI=1S/C21H16N2O2S2/c22-12-13-3-7-17(19-2-1-9-26-19)18(10-13)23-27-20-11-15(21(24)25)6-8-16(20)14-4-5-14/h1-3,6-11,14,23H,4-5H2,(H,24,25). The average molecular weight is 393 g/mol. The molecule has 1 saturated carbocycles. The lowest BCUT2D eigenvalue weighted by molar-refractivity contribution is 0.0696. The van der Waals surface area contributed by atoms with Crippen LogP contribution in [0, 0.1) is 11.3 Å². The van der Waals surface area contributed by atoms with Crippen LogP contribution in [-0.2, 0) is 0 Å². The molecule has 0 amide bonds. The largest absolute Gasteiger partial charge is 0.478 e. The van der Waals surface area contributed by atoms with Crippen LogP contribution in [0.25, 0.3) is 10.4 Å². The van der Waals surface area contributed by atoms with Crippen LogP contribution in [-0.4, -0.2) is 11.1 Å². The number of benzene rings is 2. The van der Waals surface area contributed by atoms with Crippen molar-refractivity contribution in [2.75, 3.05) is 4.72 Å². The van der Waals surface area contributed by atoms with Crippen molar-refractivity contribution in [3.63, 3.8) is 0 Å². The molecule has 0 spiro atoms. The first-order valence-electron chi connectivity index (χ1n) is 8.54. The van der Waals surface area contributed by atoms with Gasteiger partial charge in [-0.1, -0.05) is 18.2 Å². The lowest BCUT2D eigenvalue weighted by atomic mass is 10.1. The molecule has 4 nitrogen and oxygen atoms in total. The van der Waals surface area contributed by atoms with Crippen LogP contribution in [0.3, 0.4) is 0 Å². The van der Waals surface area contributed by atoms with Crippen molar-refractivity contribution >= 4 is 34.9 Å². The topological polar surface area (TPSA) is 73.1 Å². The summed E-state index contributed by atoms with van der Waals surface area (Å²) in [7, 11) is 0. The molecule has 2 aromatic carbocycles. The molecule has 1 aliphatic carbocycles. The van der Waals surface area contributed by atoms with E-state index in [1.54, 1.807) is 23.5 Å². The molecule has 0 radical (unpaired) electrons. The SMILES string of the molecule is N#Cc1ccc(-c2cccs2)c(NSc2cc(C(=O)O)ccc2C2CC2)c1. The van der Waals surface area contributed by atoms with Crippen molar-refractivity contribution in [2.45, 2.75) is 23.7 Å². The molecule has 0 unspecified atom stereocenters. The Morgan fingerprint density at radius 1 is 1.22 bits per heavy atom. The number of anilines is 1. The van der Waals surface area contributed by atoms with Gasteiger partial charge in [0, 0.05) is 15.3 Å². The molecule has 3 aromatic rings. The fourth-order valence-electron chi connectivity index (χ4n) is 2.94. The highest BCUT2D eigenvalue weighted by Crippen LogP contribution is 2.45. The number of carboxylic acid groups (broad SMARTS) is 1. The van der Waals surface area contributed by atoms with Gasteiger partial charge in [-0.3, -0.25) is 0 Å². The molecule has 6 heteroatoms. The minimum atomic E-state index is -0.926. The third-order valence-corrected chi connectivity index (χ3v) is 6.28. The molecule has 134 valence electrons. The predicted molar refractivity (Wildman–Crippen MR) is 109 cm³/mol. The van der Waals surface area contributed by atoms with Crippen molar-refractivity contribution in [3.05, 3.63) is 70.6 Å². The van der Waals surface area contributed by atoms with Crippen LogP contribution in [0.5, 0.6) is 0 Å². The first-order valence-corrected chi connectivity index (χ1v) is 10.2. The summed E-state index contributed by atoms with van der Waals surface area (Å²) in [5.74, 6) is -0.413. The number of nitriles is 1. The number of aromatic carboxylic acids is 1. The fourth-order valence-corrected chi connectivity index (χ4v) is 4.64. The van der Waals surface area contributed by atoms with Crippen LogP contribution in [0.2, 0.25) is 0 Å². The maximum atomic E-state index is 11.4. The van der Waals surface area contributed by atoms with Gasteiger partial charge in [0.25, 0.3) is 0 Å². The second-order valence-electron chi connectivity index (χ2n) is 6.39. The Balaban J connectivity index is 1.66. The summed E-state index contributed by atoms with van der Waals surface area (Å²) in [6, 6.07) is 17.1. The molecule has 0 saturated heterocycles. The zero-order chi connectivity index (χ0) is 18.8. The van der Waals surface area contributed by atoms with Crippen LogP contribution in [0.15, 0.2) is 58.8 Å². The molecule has 1 aromatic heterocycles. The van der Waals surface area contributed by atoms with E-state index < -0.39 is 5.97 Å². The fraction of sp³-hybridized carbons (Fsp3) is 0.143. The van der Waals surface area contributed by atoms with Crippen LogP contribution >= 0.6 is 23.3 Å². The number of nitrogens with zero attached hydrogens (tertiary/aromatic N) is 1. The summed E-state index contributed by atoms with van der Waals surface area (Å²) < 4.78 is 3.36. The van der Waals surface area contributed by atoms with Gasteiger partial charge in [-0.2, -0.15) is 5.26 Å². The van der Waals surface area contributed by atoms with Gasteiger partial charge < -0.3 is 9.83 Å². The van der Waals surface area contributed by atoms with E-state index in [1.807, 2.05) is 41.8 Å². The zero-order valence-corrected chi connectivity index (χ0v) is 15.9. The second-order valence-corrected chi connectivity index (χ2v) is 8.18. The van der Waals surface area contributed by atoms with E-state index in [9.17, 15) is 15.2 Å². The van der Waals surface area contributed by atoms with Crippen molar-refractivity contribution in [1.29, 1.82) is 5.26 Å². The summed E-state index contributed by atoms with van der Waals surface area (Å²) in [6.45, 7) is 0. The Morgan fingerprint density at radius 3 is 2.74 bits per heavy atom. The zero-order valence-electron chi connectivity index (χ0n) is 14.3. The van der Waals surface area contributed by atoms with Crippen LogP contribution in [0.4, 0.5) is 5.69 Å². The molecule has 0 aliphatic heterocycles. The Labute approximate surface area is 165 Å². The second kappa shape index (κ2) is 7.47. The van der Waals surface area contributed by atoms with Crippen molar-refractivity contribution in [2.24, 2.45) is 0 Å². The van der Waals surface area contributed by atoms with Gasteiger partial charge in [0.05, 0.1) is 22.9 Å². The lowest BCUT2D eigenvalue weighted by Crippen LogP contribution is -1.99. The van der Waals surface area contributed by atoms with Gasteiger partial charge in [0.2, 0.25) is 0 Å². The van der Waals surface area contributed by atoms with E-state index >= 15 is 0 Å². The molecule has 27 heavy (non-hydrogen) atoms. The number of carbonyl (C=O) groups is 1. The van der Waals surface area contributed by atoms with Crippen LogP contribution in [0.1, 0.15) is 40.2 Å². The lowest BCUT2D eigenvalue weighted by Gasteiger charge is -2.14. The Bertz CT molecular complexity index is 1030. The Morgan fingerprint density at radius 2 is 2.07 bits per heavy atom. The number of thiophene rings is 1. The third kappa shape index (κ3) is 3.85. The molecule has 1 heterocycles. The molecule has 4 rings (SSSR count). The van der Waals surface area contributed by atoms with Crippen molar-refractivity contribution < 1.29 is 9.90 Å². The maximum absolute atomic E-state index is 11.4. The minimum Gasteiger partial charge on any atom is -0.478 e. The summed E-state index contributed by atoms with van der Waals surface area (Å²) >= 11 is 3.05. The Hall–Kier alpha value is -2.75. The molecule has 0 atom stereocenters. The monoisotopic (exact) mass is 392 g/mol. The van der Waals surface area contributed by atoms with E-state index in [4.69, 9.17) is 0 Å². The molecular formula is C21H16N2O2S2.